The van der Waals surface area contributed by atoms with E-state index < -0.39 is 17.9 Å². The standard InChI is InChI=1S/C18H23F3N2O5/c1-4-26-15(24)8-6-12-10-22-13-9-11(5-7-14(13)27-12)23-16(25)28-17(2,3)18(19,20)21/h5,7,9,12,22H,4,6,8,10H2,1-3H3,(H,23,25). The van der Waals surface area contributed by atoms with Crippen molar-refractivity contribution in [1.82, 2.24) is 0 Å². The molecule has 0 fully saturated rings. The van der Waals surface area contributed by atoms with Gasteiger partial charge in [0.25, 0.3) is 0 Å². The summed E-state index contributed by atoms with van der Waals surface area (Å²) in [6.45, 7) is 4.03. The van der Waals surface area contributed by atoms with E-state index in [0.29, 0.717) is 31.0 Å². The number of rotatable bonds is 6. The second-order valence-electron chi connectivity index (χ2n) is 6.70. The highest BCUT2D eigenvalue weighted by molar-refractivity contribution is 5.86. The Morgan fingerprint density at radius 2 is 2.04 bits per heavy atom. The largest absolute Gasteiger partial charge is 0.486 e. The van der Waals surface area contributed by atoms with Crippen molar-refractivity contribution in [3.8, 4) is 5.75 Å². The lowest BCUT2D eigenvalue weighted by molar-refractivity contribution is -0.242. The van der Waals surface area contributed by atoms with Gasteiger partial charge in [-0.25, -0.2) is 4.79 Å². The number of alkyl halides is 3. The summed E-state index contributed by atoms with van der Waals surface area (Å²) < 4.78 is 53.5. The van der Waals surface area contributed by atoms with E-state index in [0.717, 1.165) is 13.8 Å². The molecule has 28 heavy (non-hydrogen) atoms. The summed E-state index contributed by atoms with van der Waals surface area (Å²) in [6, 6.07) is 4.58. The first kappa shape index (κ1) is 21.6. The number of fused-ring (bicyclic) bond motifs is 1. The SMILES string of the molecule is CCOC(=O)CCC1CNc2cc(NC(=O)OC(C)(C)C(F)(F)F)ccc2O1. The Bertz CT molecular complexity index is 722. The van der Waals surface area contributed by atoms with Crippen molar-refractivity contribution >= 4 is 23.4 Å². The minimum atomic E-state index is -4.69. The fourth-order valence-corrected chi connectivity index (χ4v) is 2.40. The van der Waals surface area contributed by atoms with Crippen LogP contribution in [0.4, 0.5) is 29.3 Å². The highest BCUT2D eigenvalue weighted by Crippen LogP contribution is 2.35. The van der Waals surface area contributed by atoms with Crippen LogP contribution in [0.5, 0.6) is 5.75 Å². The van der Waals surface area contributed by atoms with Crippen LogP contribution in [0, 0.1) is 0 Å². The van der Waals surface area contributed by atoms with Crippen LogP contribution >= 0.6 is 0 Å². The maximum absolute atomic E-state index is 12.8. The normalized spacial score (nSPS) is 16.3. The number of hydrogen-bond acceptors (Lipinski definition) is 6. The minimum absolute atomic E-state index is 0.228. The molecule has 0 bridgehead atoms. The third kappa shape index (κ3) is 5.67. The summed E-state index contributed by atoms with van der Waals surface area (Å²) in [4.78, 5) is 23.2. The lowest BCUT2D eigenvalue weighted by Gasteiger charge is -2.28. The molecule has 1 aromatic carbocycles. The first-order valence-electron chi connectivity index (χ1n) is 8.78. The number of ether oxygens (including phenoxy) is 3. The van der Waals surface area contributed by atoms with Crippen LogP contribution in [0.3, 0.4) is 0 Å². The van der Waals surface area contributed by atoms with Crippen molar-refractivity contribution in [2.24, 2.45) is 0 Å². The Kier molecular flexibility index (Phi) is 6.63. The third-order valence-electron chi connectivity index (χ3n) is 4.05. The Morgan fingerprint density at radius 1 is 1.32 bits per heavy atom. The van der Waals surface area contributed by atoms with Crippen molar-refractivity contribution in [3.05, 3.63) is 18.2 Å². The van der Waals surface area contributed by atoms with Gasteiger partial charge in [-0.05, 0) is 45.4 Å². The molecule has 0 aromatic heterocycles. The van der Waals surface area contributed by atoms with Crippen LogP contribution in [0.15, 0.2) is 18.2 Å². The van der Waals surface area contributed by atoms with E-state index in [4.69, 9.17) is 9.47 Å². The highest BCUT2D eigenvalue weighted by atomic mass is 19.4. The zero-order chi connectivity index (χ0) is 20.9. The number of carbonyl (C=O) groups is 2. The first-order chi connectivity index (χ1) is 13.0. The Labute approximate surface area is 160 Å². The molecule has 10 heteroatoms. The molecule has 1 aromatic rings. The van der Waals surface area contributed by atoms with Crippen molar-refractivity contribution in [1.29, 1.82) is 0 Å². The number of hydrogen-bond donors (Lipinski definition) is 2. The molecule has 1 atom stereocenters. The molecule has 0 aliphatic carbocycles. The second kappa shape index (κ2) is 8.57. The van der Waals surface area contributed by atoms with Gasteiger partial charge < -0.3 is 19.5 Å². The number of anilines is 2. The third-order valence-corrected chi connectivity index (χ3v) is 4.05. The van der Waals surface area contributed by atoms with Crippen LogP contribution in [-0.4, -0.2) is 43.1 Å². The smallest absolute Gasteiger partial charge is 0.427 e. The molecule has 1 aliphatic rings. The molecular weight excluding hydrogens is 381 g/mol. The van der Waals surface area contributed by atoms with E-state index in [1.54, 1.807) is 13.0 Å². The Morgan fingerprint density at radius 3 is 2.68 bits per heavy atom. The van der Waals surface area contributed by atoms with E-state index in [1.165, 1.54) is 12.1 Å². The summed E-state index contributed by atoms with van der Waals surface area (Å²) in [5, 5.41) is 5.37. The lowest BCUT2D eigenvalue weighted by atomic mass is 10.1. The Balaban J connectivity index is 1.93. The number of amides is 1. The lowest BCUT2D eigenvalue weighted by Crippen LogP contribution is -2.44. The number of carbonyl (C=O) groups excluding carboxylic acids is 2. The van der Waals surface area contributed by atoms with Gasteiger partial charge in [0.2, 0.25) is 5.60 Å². The molecular formula is C18H23F3N2O5. The van der Waals surface area contributed by atoms with Gasteiger partial charge in [-0.2, -0.15) is 13.2 Å². The van der Waals surface area contributed by atoms with Crippen molar-refractivity contribution in [2.45, 2.75) is 51.5 Å². The molecule has 1 unspecified atom stereocenters. The van der Waals surface area contributed by atoms with Gasteiger partial charge in [0, 0.05) is 12.1 Å². The molecule has 1 heterocycles. The molecule has 0 spiro atoms. The average Bonchev–Trinajstić information content (AvgIpc) is 2.58. The fourth-order valence-electron chi connectivity index (χ4n) is 2.40. The molecule has 2 N–H and O–H groups in total. The predicted octanol–water partition coefficient (Wildman–Crippen LogP) is 4.09. The van der Waals surface area contributed by atoms with Gasteiger partial charge in [-0.3, -0.25) is 10.1 Å². The molecule has 0 saturated carbocycles. The summed E-state index contributed by atoms with van der Waals surface area (Å²) in [5.41, 5.74) is -1.79. The van der Waals surface area contributed by atoms with Crippen molar-refractivity contribution in [2.75, 3.05) is 23.8 Å². The van der Waals surface area contributed by atoms with E-state index in [-0.39, 0.29) is 24.2 Å². The molecule has 7 nitrogen and oxygen atoms in total. The quantitative estimate of drug-likeness (QED) is 0.695. The molecule has 1 amide bonds. The number of nitrogens with one attached hydrogen (secondary N) is 2. The predicted molar refractivity (Wildman–Crippen MR) is 95.5 cm³/mol. The summed E-state index contributed by atoms with van der Waals surface area (Å²) in [7, 11) is 0. The molecule has 0 saturated heterocycles. The first-order valence-corrected chi connectivity index (χ1v) is 8.78. The molecule has 0 radical (unpaired) electrons. The average molecular weight is 404 g/mol. The van der Waals surface area contributed by atoms with E-state index >= 15 is 0 Å². The highest BCUT2D eigenvalue weighted by Gasteiger charge is 2.51. The zero-order valence-corrected chi connectivity index (χ0v) is 15.8. The molecule has 1 aliphatic heterocycles. The van der Waals surface area contributed by atoms with Crippen molar-refractivity contribution in [3.63, 3.8) is 0 Å². The van der Waals surface area contributed by atoms with Crippen LogP contribution < -0.4 is 15.4 Å². The minimum Gasteiger partial charge on any atom is -0.486 e. The van der Waals surface area contributed by atoms with Gasteiger partial charge >= 0.3 is 18.2 Å². The summed E-state index contributed by atoms with van der Waals surface area (Å²) >= 11 is 0. The van der Waals surface area contributed by atoms with Crippen LogP contribution in [0.25, 0.3) is 0 Å². The van der Waals surface area contributed by atoms with Gasteiger partial charge in [0.15, 0.2) is 0 Å². The van der Waals surface area contributed by atoms with E-state index in [9.17, 15) is 22.8 Å². The fraction of sp³-hybridized carbons (Fsp3) is 0.556. The Hall–Kier alpha value is -2.65. The summed E-state index contributed by atoms with van der Waals surface area (Å²) in [5.74, 6) is 0.214. The van der Waals surface area contributed by atoms with E-state index in [1.807, 2.05) is 0 Å². The maximum Gasteiger partial charge on any atom is 0.427 e. The van der Waals surface area contributed by atoms with Gasteiger partial charge in [-0.15, -0.1) is 0 Å². The second-order valence-corrected chi connectivity index (χ2v) is 6.70. The van der Waals surface area contributed by atoms with Gasteiger partial charge in [-0.1, -0.05) is 0 Å². The number of halogens is 3. The van der Waals surface area contributed by atoms with Gasteiger partial charge in [0.05, 0.1) is 18.8 Å². The monoisotopic (exact) mass is 404 g/mol. The van der Waals surface area contributed by atoms with Crippen LogP contribution in [-0.2, 0) is 14.3 Å². The topological polar surface area (TPSA) is 85.9 Å². The zero-order valence-electron chi connectivity index (χ0n) is 15.8. The molecule has 2 rings (SSSR count). The van der Waals surface area contributed by atoms with Crippen molar-refractivity contribution < 1.29 is 37.0 Å². The van der Waals surface area contributed by atoms with Crippen LogP contribution in [0.2, 0.25) is 0 Å². The van der Waals surface area contributed by atoms with E-state index in [2.05, 4.69) is 15.4 Å². The van der Waals surface area contributed by atoms with Crippen LogP contribution in [0.1, 0.15) is 33.6 Å². The van der Waals surface area contributed by atoms with Gasteiger partial charge in [0.1, 0.15) is 11.9 Å². The molecule has 156 valence electrons. The number of esters is 1. The summed E-state index contributed by atoms with van der Waals surface area (Å²) in [6.07, 6.45) is -5.42. The maximum atomic E-state index is 12.8. The number of benzene rings is 1.